The number of carbonyl (C=O) groups is 7. The van der Waals surface area contributed by atoms with Gasteiger partial charge in [-0.05, 0) is 98.2 Å². The first-order valence-electron chi connectivity index (χ1n) is 21.9. The lowest BCUT2D eigenvalue weighted by atomic mass is 9.79. The monoisotopic (exact) mass is 867 g/mol. The van der Waals surface area contributed by atoms with Gasteiger partial charge in [-0.1, -0.05) is 55.0 Å². The van der Waals surface area contributed by atoms with Gasteiger partial charge in [-0.15, -0.1) is 10.1 Å². The zero-order chi connectivity index (χ0) is 44.9. The van der Waals surface area contributed by atoms with E-state index in [-0.39, 0.29) is 61.2 Å². The lowest BCUT2D eigenvalue weighted by molar-refractivity contribution is -0.292. The molecule has 2 saturated heterocycles. The van der Waals surface area contributed by atoms with Crippen molar-refractivity contribution in [2.75, 3.05) is 16.0 Å². The summed E-state index contributed by atoms with van der Waals surface area (Å²) >= 11 is 0. The Balaban J connectivity index is 0.870. The number of carbonyl (C=O) groups excluding carboxylic acids is 7. The maximum atomic E-state index is 14.1. The molecule has 0 spiro atoms. The molecule has 4 heterocycles. The highest BCUT2D eigenvalue weighted by Crippen LogP contribution is 2.45. The van der Waals surface area contributed by atoms with Crippen molar-refractivity contribution in [2.45, 2.75) is 115 Å². The number of amides is 4. The zero-order valence-corrected chi connectivity index (χ0v) is 35.6. The first-order chi connectivity index (χ1) is 30.7. The molecule has 4 aliphatic heterocycles. The standard InChI is InChI=1S/C48H48N6O10/c1-47(25-7-3-5-15-39(59)63-53-35(55)21-22-36(53)56)49-31-13-9-11-27-29(17-19-33(51-47)41(27)31)43-45(61)44(46(43)62)30-18-20-34-42-28(30)12-10-14-32(42)50-48(2,52-34)26-8-4-6-16-40(60)64-54-37(57)23-24-38(54)58/h9-14,17-20,49-51,61H,3-8,15-16,21-26H2,1-2H3/p-1. The van der Waals surface area contributed by atoms with Gasteiger partial charge in [0.2, 0.25) is 0 Å². The molecule has 4 aromatic rings. The van der Waals surface area contributed by atoms with Gasteiger partial charge >= 0.3 is 11.9 Å². The molecule has 16 nitrogen and oxygen atoms in total. The summed E-state index contributed by atoms with van der Waals surface area (Å²) in [5.74, 6) is -3.85. The van der Waals surface area contributed by atoms with E-state index in [4.69, 9.17) is 14.7 Å². The lowest BCUT2D eigenvalue weighted by Crippen LogP contribution is -2.45. The summed E-state index contributed by atoms with van der Waals surface area (Å²) in [6.45, 7) is 4.05. The second-order valence-electron chi connectivity index (χ2n) is 17.5. The van der Waals surface area contributed by atoms with Crippen LogP contribution in [0.5, 0.6) is 0 Å². The number of allylic oxidation sites excluding steroid dienone is 2. The topological polar surface area (TPSA) is 216 Å². The number of hydrogen-bond donors (Lipinski definition) is 3. The second kappa shape index (κ2) is 16.5. The first-order valence-corrected chi connectivity index (χ1v) is 21.9. The van der Waals surface area contributed by atoms with E-state index < -0.39 is 46.9 Å². The maximum Gasteiger partial charge on any atom is 0.333 e. The summed E-state index contributed by atoms with van der Waals surface area (Å²) in [6.07, 6.45) is 5.74. The van der Waals surface area contributed by atoms with Gasteiger partial charge in [-0.25, -0.2) is 9.59 Å². The van der Waals surface area contributed by atoms with E-state index in [1.54, 1.807) is 6.07 Å². The molecule has 2 fully saturated rings. The minimum Gasteiger partial charge on any atom is -0.871 e. The fourth-order valence-electron chi connectivity index (χ4n) is 9.42. The van der Waals surface area contributed by atoms with Crippen molar-refractivity contribution in [3.63, 3.8) is 0 Å². The van der Waals surface area contributed by atoms with Crippen molar-refractivity contribution >= 4 is 91.1 Å². The molecule has 0 bridgehead atoms. The quantitative estimate of drug-likeness (QED) is 0.107. The Morgan fingerprint density at radius 2 is 1.17 bits per heavy atom. The summed E-state index contributed by atoms with van der Waals surface area (Å²) in [7, 11) is 0. The van der Waals surface area contributed by atoms with Crippen LogP contribution in [0.2, 0.25) is 0 Å². The smallest absolute Gasteiger partial charge is 0.333 e. The Morgan fingerprint density at radius 1 is 0.625 bits per heavy atom. The number of Topliss-reactive ketones (excluding diaryl/α,β-unsaturated/α-hetero) is 1. The highest BCUT2D eigenvalue weighted by Gasteiger charge is 2.36. The van der Waals surface area contributed by atoms with Crippen LogP contribution in [0.3, 0.4) is 0 Å². The van der Waals surface area contributed by atoms with Crippen molar-refractivity contribution in [2.24, 2.45) is 4.99 Å². The molecule has 64 heavy (non-hydrogen) atoms. The van der Waals surface area contributed by atoms with Gasteiger partial charge in [0.25, 0.3) is 23.6 Å². The molecule has 330 valence electrons. The van der Waals surface area contributed by atoms with Gasteiger partial charge in [0.15, 0.2) is 5.78 Å². The molecule has 9 rings (SSSR count). The average Bonchev–Trinajstić information content (AvgIpc) is 3.75. The van der Waals surface area contributed by atoms with Crippen LogP contribution in [-0.2, 0) is 43.2 Å². The molecule has 2 atom stereocenters. The van der Waals surface area contributed by atoms with Crippen molar-refractivity contribution in [1.82, 2.24) is 10.1 Å². The molecule has 3 N–H and O–H groups in total. The molecule has 1 aliphatic carbocycles. The number of hydrogen-bond acceptors (Lipinski definition) is 14. The Bertz CT molecular complexity index is 2840. The van der Waals surface area contributed by atoms with Crippen molar-refractivity contribution in [1.29, 1.82) is 0 Å². The molecular weight excluding hydrogens is 821 g/mol. The third kappa shape index (κ3) is 7.81. The average molecular weight is 868 g/mol. The number of unbranched alkanes of at least 4 members (excludes halogenated alkanes) is 4. The number of hydroxylamine groups is 4. The first kappa shape index (κ1) is 42.2. The van der Waals surface area contributed by atoms with Crippen LogP contribution in [0.15, 0.2) is 71.4 Å². The third-order valence-electron chi connectivity index (χ3n) is 12.6. The number of nitrogens with zero attached hydrogens (tertiary/aromatic N) is 3. The van der Waals surface area contributed by atoms with Crippen LogP contribution in [0, 0.1) is 0 Å². The van der Waals surface area contributed by atoms with Gasteiger partial charge in [0.1, 0.15) is 11.3 Å². The third-order valence-corrected chi connectivity index (χ3v) is 12.6. The van der Waals surface area contributed by atoms with Crippen LogP contribution in [0.25, 0.3) is 32.7 Å². The van der Waals surface area contributed by atoms with Gasteiger partial charge in [0.05, 0.1) is 5.36 Å². The molecule has 4 amide bonds. The van der Waals surface area contributed by atoms with E-state index >= 15 is 0 Å². The fourth-order valence-corrected chi connectivity index (χ4v) is 9.42. The highest BCUT2D eigenvalue weighted by atomic mass is 16.7. The minimum absolute atomic E-state index is 0.0501. The van der Waals surface area contributed by atoms with E-state index in [2.05, 4.69) is 22.9 Å². The van der Waals surface area contributed by atoms with Crippen molar-refractivity contribution in [3.8, 4) is 0 Å². The number of benzene rings is 4. The number of nitrogens with one attached hydrogen (secondary N) is 3. The van der Waals surface area contributed by atoms with Crippen LogP contribution in [0.4, 0.5) is 17.1 Å². The summed E-state index contributed by atoms with van der Waals surface area (Å²) in [4.78, 5) is 101. The Morgan fingerprint density at radius 3 is 1.77 bits per heavy atom. The van der Waals surface area contributed by atoms with Crippen LogP contribution in [0.1, 0.15) is 109 Å². The predicted molar refractivity (Wildman–Crippen MR) is 232 cm³/mol. The van der Waals surface area contributed by atoms with Gasteiger partial charge in [0, 0.05) is 77.5 Å². The number of anilines is 3. The van der Waals surface area contributed by atoms with Crippen molar-refractivity contribution < 1.29 is 48.3 Å². The molecule has 4 aromatic carbocycles. The van der Waals surface area contributed by atoms with E-state index in [0.29, 0.717) is 53.0 Å². The van der Waals surface area contributed by atoms with Crippen LogP contribution >= 0.6 is 0 Å². The number of rotatable bonds is 15. The zero-order valence-electron chi connectivity index (χ0n) is 35.6. The van der Waals surface area contributed by atoms with Gasteiger partial charge in [-0.2, -0.15) is 0 Å². The summed E-state index contributed by atoms with van der Waals surface area (Å²) < 4.78 is 0. The SMILES string of the molecule is CC1(CCCCCC(=O)ON2C(=O)CCC2=O)N=c2ccc(=C3C(=O)C(c4ccc5c6c(cccc46)NC(C)(CCCCCC(=O)ON4C(=O)CCC4=O)N5)=C3[O-])c3cccc(c23)N1. The van der Waals surface area contributed by atoms with E-state index in [1.165, 1.54) is 0 Å². The summed E-state index contributed by atoms with van der Waals surface area (Å²) in [6, 6.07) is 18.9. The highest BCUT2D eigenvalue weighted by molar-refractivity contribution is 6.52. The fraction of sp³-hybridized carbons (Fsp3) is 0.375. The molecular formula is C48H47N6O10-. The lowest BCUT2D eigenvalue weighted by Gasteiger charge is -2.40. The van der Waals surface area contributed by atoms with Gasteiger partial charge in [-0.3, -0.25) is 29.0 Å². The normalized spacial score (nSPS) is 22.1. The number of imide groups is 2. The van der Waals surface area contributed by atoms with Crippen LogP contribution < -0.4 is 31.6 Å². The predicted octanol–water partition coefficient (Wildman–Crippen LogP) is 4.93. The van der Waals surface area contributed by atoms with E-state index in [1.807, 2.05) is 61.5 Å². The van der Waals surface area contributed by atoms with E-state index in [0.717, 1.165) is 63.2 Å². The molecule has 0 aromatic heterocycles. The molecule has 0 radical (unpaired) electrons. The molecule has 5 aliphatic rings. The Hall–Kier alpha value is -7.10. The maximum absolute atomic E-state index is 14.1. The summed E-state index contributed by atoms with van der Waals surface area (Å²) in [5, 5.41) is 30.6. The van der Waals surface area contributed by atoms with Gasteiger partial charge < -0.3 is 30.7 Å². The minimum atomic E-state index is -0.650. The molecule has 16 heteroatoms. The summed E-state index contributed by atoms with van der Waals surface area (Å²) in [5.41, 5.74) is 2.24. The van der Waals surface area contributed by atoms with Crippen molar-refractivity contribution in [3.05, 3.63) is 82.6 Å². The Kier molecular flexibility index (Phi) is 10.9. The van der Waals surface area contributed by atoms with Crippen LogP contribution in [-0.4, -0.2) is 62.8 Å². The Labute approximate surface area is 367 Å². The molecule has 2 unspecified atom stereocenters. The van der Waals surface area contributed by atoms with E-state index in [9.17, 15) is 38.7 Å². The number of ketones is 1. The second-order valence-corrected chi connectivity index (χ2v) is 17.5. The largest absolute Gasteiger partial charge is 0.871 e. The molecule has 0 saturated carbocycles.